The molecule has 0 heterocycles. The third-order valence-electron chi connectivity index (χ3n) is 3.45. The summed E-state index contributed by atoms with van der Waals surface area (Å²) in [6.45, 7) is -0.481. The van der Waals surface area contributed by atoms with Gasteiger partial charge in [0, 0.05) is 18.7 Å². The van der Waals surface area contributed by atoms with Gasteiger partial charge in [-0.2, -0.15) is 13.2 Å². The first-order chi connectivity index (χ1) is 12.0. The molecule has 2 N–H and O–H groups in total. The van der Waals surface area contributed by atoms with Crippen LogP contribution < -0.4 is 4.72 Å². The van der Waals surface area contributed by atoms with Gasteiger partial charge in [-0.15, -0.1) is 0 Å². The fraction of sp³-hybridized carbons (Fsp3) is 0.200. The summed E-state index contributed by atoms with van der Waals surface area (Å²) in [4.78, 5) is 9.63. The van der Waals surface area contributed by atoms with Gasteiger partial charge in [-0.3, -0.25) is 10.1 Å². The highest BCUT2D eigenvalue weighted by Crippen LogP contribution is 2.29. The maximum absolute atomic E-state index is 12.5. The molecule has 7 nitrogen and oxygen atoms in total. The minimum atomic E-state index is -4.51. The van der Waals surface area contributed by atoms with Gasteiger partial charge in [0.1, 0.15) is 0 Å². The molecule has 0 fully saturated rings. The molecule has 2 aromatic rings. The average molecular weight is 390 g/mol. The lowest BCUT2D eigenvalue weighted by Gasteiger charge is -2.14. The van der Waals surface area contributed by atoms with Crippen LogP contribution in [-0.4, -0.2) is 25.0 Å². The number of alkyl halides is 3. The molecule has 0 saturated carbocycles. The molecule has 0 radical (unpaired) electrons. The second-order valence-corrected chi connectivity index (χ2v) is 7.01. The van der Waals surface area contributed by atoms with Crippen molar-refractivity contribution >= 4 is 15.7 Å². The van der Waals surface area contributed by atoms with Gasteiger partial charge in [0.05, 0.1) is 21.5 Å². The smallest absolute Gasteiger partial charge is 0.387 e. The maximum atomic E-state index is 12.5. The predicted octanol–water partition coefficient (Wildman–Crippen LogP) is 2.63. The molecule has 26 heavy (non-hydrogen) atoms. The van der Waals surface area contributed by atoms with Crippen LogP contribution in [0.3, 0.4) is 0 Å². The summed E-state index contributed by atoms with van der Waals surface area (Å²) in [5.74, 6) is 0. The van der Waals surface area contributed by atoms with Gasteiger partial charge in [0.2, 0.25) is 10.0 Å². The summed E-state index contributed by atoms with van der Waals surface area (Å²) in [6, 6.07) is 7.76. The molecule has 0 bridgehead atoms. The molecule has 0 spiro atoms. The zero-order chi connectivity index (χ0) is 19.5. The molecule has 0 aliphatic rings. The van der Waals surface area contributed by atoms with Crippen molar-refractivity contribution in [1.82, 2.24) is 4.72 Å². The summed E-state index contributed by atoms with van der Waals surface area (Å²) in [7, 11) is -4.05. The molecule has 11 heteroatoms. The van der Waals surface area contributed by atoms with Crippen LogP contribution in [0.2, 0.25) is 0 Å². The van der Waals surface area contributed by atoms with E-state index in [2.05, 4.69) is 4.72 Å². The number of benzene rings is 2. The lowest BCUT2D eigenvalue weighted by atomic mass is 10.1. The summed E-state index contributed by atoms with van der Waals surface area (Å²) in [5, 5.41) is 20.5. The van der Waals surface area contributed by atoms with E-state index in [9.17, 15) is 36.8 Å². The number of rotatable bonds is 6. The second-order valence-electron chi connectivity index (χ2n) is 5.24. The van der Waals surface area contributed by atoms with Crippen LogP contribution in [0.5, 0.6) is 0 Å². The van der Waals surface area contributed by atoms with Crippen molar-refractivity contribution < 1.29 is 31.6 Å². The van der Waals surface area contributed by atoms with Gasteiger partial charge in [0.25, 0.3) is 5.69 Å². The Balaban J connectivity index is 2.05. The van der Waals surface area contributed by atoms with E-state index in [0.717, 1.165) is 48.5 Å². The van der Waals surface area contributed by atoms with Crippen LogP contribution in [0.15, 0.2) is 53.4 Å². The van der Waals surface area contributed by atoms with Gasteiger partial charge in [0.15, 0.2) is 0 Å². The van der Waals surface area contributed by atoms with Gasteiger partial charge in [-0.05, 0) is 29.8 Å². The van der Waals surface area contributed by atoms with Gasteiger partial charge >= 0.3 is 6.18 Å². The third-order valence-corrected chi connectivity index (χ3v) is 4.89. The first-order valence-corrected chi connectivity index (χ1v) is 8.58. The number of nitro benzene ring substituents is 1. The van der Waals surface area contributed by atoms with Crippen molar-refractivity contribution in [2.24, 2.45) is 0 Å². The largest absolute Gasteiger partial charge is 0.416 e. The van der Waals surface area contributed by atoms with Crippen LogP contribution in [0.25, 0.3) is 0 Å². The molecule has 2 rings (SSSR count). The first kappa shape index (κ1) is 19.8. The fourth-order valence-corrected chi connectivity index (χ4v) is 3.07. The average Bonchev–Trinajstić information content (AvgIpc) is 2.59. The molecule has 1 atom stereocenters. The zero-order valence-electron chi connectivity index (χ0n) is 13.0. The summed E-state index contributed by atoms with van der Waals surface area (Å²) in [6.07, 6.45) is -5.88. The predicted molar refractivity (Wildman–Crippen MR) is 84.7 cm³/mol. The van der Waals surface area contributed by atoms with Gasteiger partial charge < -0.3 is 5.11 Å². The summed E-state index contributed by atoms with van der Waals surface area (Å²) < 4.78 is 63.8. The van der Waals surface area contributed by atoms with Crippen molar-refractivity contribution in [3.05, 3.63) is 69.8 Å². The number of non-ortho nitro benzene ring substituents is 1. The number of aliphatic hydroxyl groups excluding tert-OH is 1. The van der Waals surface area contributed by atoms with E-state index in [-0.39, 0.29) is 16.1 Å². The Kier molecular flexibility index (Phi) is 5.64. The SMILES string of the molecule is O=[N+]([O-])c1ccc(S(=O)(=O)NCC(O)c2ccc(C(F)(F)F)cc2)cc1. The summed E-state index contributed by atoms with van der Waals surface area (Å²) in [5.41, 5.74) is -1.07. The Morgan fingerprint density at radius 1 is 1.08 bits per heavy atom. The maximum Gasteiger partial charge on any atom is 0.416 e. The van der Waals surface area contributed by atoms with Crippen molar-refractivity contribution in [2.45, 2.75) is 17.2 Å². The quantitative estimate of drug-likeness (QED) is 0.582. The van der Waals surface area contributed by atoms with Crippen LogP contribution >= 0.6 is 0 Å². The van der Waals surface area contributed by atoms with Crippen molar-refractivity contribution in [1.29, 1.82) is 0 Å². The molecule has 0 aliphatic carbocycles. The van der Waals surface area contributed by atoms with Crippen LogP contribution in [0.4, 0.5) is 18.9 Å². The minimum Gasteiger partial charge on any atom is -0.387 e. The molecule has 0 aromatic heterocycles. The van der Waals surface area contributed by atoms with E-state index in [1.54, 1.807) is 0 Å². The monoisotopic (exact) mass is 390 g/mol. The third kappa shape index (κ3) is 4.77. The highest BCUT2D eigenvalue weighted by molar-refractivity contribution is 7.89. The van der Waals surface area contributed by atoms with Crippen LogP contribution in [0, 0.1) is 10.1 Å². The number of nitrogens with zero attached hydrogens (tertiary/aromatic N) is 1. The number of aliphatic hydroxyl groups is 1. The number of halogens is 3. The minimum absolute atomic E-state index is 0.101. The standard InChI is InChI=1S/C15H13F3N2O5S/c16-15(17,18)11-3-1-10(2-4-11)14(21)9-19-26(24,25)13-7-5-12(6-8-13)20(22)23/h1-8,14,19,21H,9H2. The Labute approximate surface area is 146 Å². The van der Waals surface area contributed by atoms with E-state index in [4.69, 9.17) is 0 Å². The molecule has 1 unspecified atom stereocenters. The molecule has 140 valence electrons. The molecule has 0 aliphatic heterocycles. The van der Waals surface area contributed by atoms with E-state index in [1.807, 2.05) is 0 Å². The normalized spacial score (nSPS) is 13.4. The van der Waals surface area contributed by atoms with Crippen molar-refractivity contribution in [3.63, 3.8) is 0 Å². The Hall–Kier alpha value is -2.50. The van der Waals surface area contributed by atoms with E-state index in [1.165, 1.54) is 0 Å². The molecule has 2 aromatic carbocycles. The lowest BCUT2D eigenvalue weighted by Crippen LogP contribution is -2.28. The van der Waals surface area contributed by atoms with Crippen LogP contribution in [0.1, 0.15) is 17.2 Å². The number of hydrogen-bond acceptors (Lipinski definition) is 5. The highest BCUT2D eigenvalue weighted by atomic mass is 32.2. The Morgan fingerprint density at radius 2 is 1.62 bits per heavy atom. The molecule has 0 amide bonds. The van der Waals surface area contributed by atoms with Gasteiger partial charge in [-0.1, -0.05) is 12.1 Å². The molecule has 0 saturated heterocycles. The van der Waals surface area contributed by atoms with Crippen LogP contribution in [-0.2, 0) is 16.2 Å². The van der Waals surface area contributed by atoms with Crippen molar-refractivity contribution in [3.8, 4) is 0 Å². The lowest BCUT2D eigenvalue weighted by molar-refractivity contribution is -0.384. The zero-order valence-corrected chi connectivity index (χ0v) is 13.8. The Bertz CT molecular complexity index is 881. The van der Waals surface area contributed by atoms with E-state index < -0.39 is 39.3 Å². The number of hydrogen-bond donors (Lipinski definition) is 2. The van der Waals surface area contributed by atoms with Gasteiger partial charge in [-0.25, -0.2) is 13.1 Å². The topological polar surface area (TPSA) is 110 Å². The highest BCUT2D eigenvalue weighted by Gasteiger charge is 2.30. The van der Waals surface area contributed by atoms with E-state index >= 15 is 0 Å². The van der Waals surface area contributed by atoms with E-state index in [0.29, 0.717) is 0 Å². The fourth-order valence-electron chi connectivity index (χ4n) is 2.03. The van der Waals surface area contributed by atoms with Crippen molar-refractivity contribution in [2.75, 3.05) is 6.54 Å². The first-order valence-electron chi connectivity index (χ1n) is 7.10. The molecular weight excluding hydrogens is 377 g/mol. The Morgan fingerprint density at radius 3 is 2.08 bits per heavy atom. The molecular formula is C15H13F3N2O5S. The number of nitro groups is 1. The number of nitrogens with one attached hydrogen (secondary N) is 1. The number of sulfonamides is 1. The second kappa shape index (κ2) is 7.40. The summed E-state index contributed by atoms with van der Waals surface area (Å²) >= 11 is 0.